The van der Waals surface area contributed by atoms with Gasteiger partial charge in [-0.15, -0.1) is 24.0 Å². The Morgan fingerprint density at radius 3 is 2.44 bits per heavy atom. The first-order valence-corrected chi connectivity index (χ1v) is 10.2. The Hall–Kier alpha value is -0.570. The molecule has 2 fully saturated rings. The van der Waals surface area contributed by atoms with E-state index in [1.165, 1.54) is 6.42 Å². The molecule has 6 nitrogen and oxygen atoms in total. The van der Waals surface area contributed by atoms with Crippen LogP contribution < -0.4 is 5.32 Å². The summed E-state index contributed by atoms with van der Waals surface area (Å²) in [6, 6.07) is 0.371. The van der Waals surface area contributed by atoms with Gasteiger partial charge in [-0.1, -0.05) is 27.2 Å². The summed E-state index contributed by atoms with van der Waals surface area (Å²) >= 11 is 0. The normalized spacial score (nSPS) is 25.4. The highest BCUT2D eigenvalue weighted by molar-refractivity contribution is 14.0. The number of halogens is 1. The van der Waals surface area contributed by atoms with E-state index in [4.69, 9.17) is 9.47 Å². The van der Waals surface area contributed by atoms with Crippen LogP contribution in [0.2, 0.25) is 0 Å². The summed E-state index contributed by atoms with van der Waals surface area (Å²) in [7, 11) is 1.83. The van der Waals surface area contributed by atoms with E-state index < -0.39 is 0 Å². The van der Waals surface area contributed by atoms with Crippen LogP contribution in [0.5, 0.6) is 0 Å². The molecule has 27 heavy (non-hydrogen) atoms. The summed E-state index contributed by atoms with van der Waals surface area (Å²) in [5.74, 6) is 0.917. The highest BCUT2D eigenvalue weighted by Crippen LogP contribution is 2.43. The monoisotopic (exact) mass is 495 g/mol. The Morgan fingerprint density at radius 1 is 1.26 bits per heavy atom. The molecule has 0 radical (unpaired) electrons. The first kappa shape index (κ1) is 24.5. The molecule has 1 saturated heterocycles. The van der Waals surface area contributed by atoms with E-state index in [-0.39, 0.29) is 41.3 Å². The maximum Gasteiger partial charge on any atom is 0.309 e. The largest absolute Gasteiger partial charge is 0.466 e. The van der Waals surface area contributed by atoms with E-state index in [9.17, 15) is 4.79 Å². The van der Waals surface area contributed by atoms with Gasteiger partial charge < -0.3 is 19.7 Å². The highest BCUT2D eigenvalue weighted by atomic mass is 127. The summed E-state index contributed by atoms with van der Waals surface area (Å²) in [5.41, 5.74) is 0.104. The van der Waals surface area contributed by atoms with Gasteiger partial charge in [0, 0.05) is 38.2 Å². The molecular weight excluding hydrogens is 457 g/mol. The minimum absolute atomic E-state index is 0. The summed E-state index contributed by atoms with van der Waals surface area (Å²) < 4.78 is 11.2. The second-order valence-electron chi connectivity index (χ2n) is 8.03. The Labute approximate surface area is 181 Å². The second kappa shape index (κ2) is 11.4. The number of aliphatic imine (C=N–C) groups is 1. The number of nitrogens with zero attached hydrogens (tertiary/aromatic N) is 2. The number of ether oxygens (including phenoxy) is 2. The zero-order valence-corrected chi connectivity index (χ0v) is 20.0. The summed E-state index contributed by atoms with van der Waals surface area (Å²) in [5, 5.41) is 3.63. The van der Waals surface area contributed by atoms with Crippen molar-refractivity contribution in [3.8, 4) is 0 Å². The quantitative estimate of drug-likeness (QED) is 0.193. The molecule has 2 aliphatic rings. The van der Waals surface area contributed by atoms with Crippen LogP contribution in [0.25, 0.3) is 0 Å². The Balaban J connectivity index is 0.00000364. The molecule has 0 aromatic carbocycles. The third kappa shape index (κ3) is 6.21. The zero-order valence-electron chi connectivity index (χ0n) is 17.6. The van der Waals surface area contributed by atoms with Crippen LogP contribution in [-0.2, 0) is 14.3 Å². The van der Waals surface area contributed by atoms with Gasteiger partial charge >= 0.3 is 5.97 Å². The molecule has 2 unspecified atom stereocenters. The van der Waals surface area contributed by atoms with E-state index in [1.54, 1.807) is 0 Å². The molecule has 1 aliphatic carbocycles. The molecule has 0 spiro atoms. The summed E-state index contributed by atoms with van der Waals surface area (Å²) in [4.78, 5) is 18.6. The predicted octanol–water partition coefficient (Wildman–Crippen LogP) is 3.44. The molecular formula is C20H38IN3O3. The molecule has 1 aliphatic heterocycles. The number of carbonyl (C=O) groups is 1. The lowest BCUT2D eigenvalue weighted by Crippen LogP contribution is -2.64. The van der Waals surface area contributed by atoms with Crippen LogP contribution in [0.15, 0.2) is 4.99 Å². The van der Waals surface area contributed by atoms with Crippen molar-refractivity contribution in [2.24, 2.45) is 16.3 Å². The van der Waals surface area contributed by atoms with Gasteiger partial charge in [-0.05, 0) is 32.6 Å². The number of piperidine rings is 1. The van der Waals surface area contributed by atoms with Crippen molar-refractivity contribution < 1.29 is 14.3 Å². The smallest absolute Gasteiger partial charge is 0.309 e. The van der Waals surface area contributed by atoms with E-state index in [0.29, 0.717) is 18.8 Å². The second-order valence-corrected chi connectivity index (χ2v) is 8.03. The van der Waals surface area contributed by atoms with Crippen LogP contribution in [0, 0.1) is 11.3 Å². The predicted molar refractivity (Wildman–Crippen MR) is 120 cm³/mol. The van der Waals surface area contributed by atoms with E-state index in [0.717, 1.165) is 51.3 Å². The van der Waals surface area contributed by atoms with Gasteiger partial charge in [0.15, 0.2) is 5.96 Å². The SMILES string of the molecule is CCCCOC1CC(NC(=NC)N2CCC(C(=O)OCC)CC2)C1(C)C.I. The molecule has 2 rings (SSSR count). The van der Waals surface area contributed by atoms with Gasteiger partial charge in [-0.25, -0.2) is 0 Å². The molecule has 1 N–H and O–H groups in total. The van der Waals surface area contributed by atoms with Crippen LogP contribution >= 0.6 is 24.0 Å². The Bertz CT molecular complexity index is 491. The first-order valence-electron chi connectivity index (χ1n) is 10.2. The first-order chi connectivity index (χ1) is 12.4. The lowest BCUT2D eigenvalue weighted by molar-refractivity contribution is -0.149. The average Bonchev–Trinajstić information content (AvgIpc) is 2.64. The van der Waals surface area contributed by atoms with Gasteiger partial charge in [0.05, 0.1) is 18.6 Å². The van der Waals surface area contributed by atoms with Gasteiger partial charge in [-0.3, -0.25) is 9.79 Å². The summed E-state index contributed by atoms with van der Waals surface area (Å²) in [6.45, 7) is 11.6. The van der Waals surface area contributed by atoms with Crippen molar-refractivity contribution in [2.45, 2.75) is 71.9 Å². The lowest BCUT2D eigenvalue weighted by Gasteiger charge is -2.52. The van der Waals surface area contributed by atoms with Crippen molar-refractivity contribution in [1.29, 1.82) is 0 Å². The molecule has 1 saturated carbocycles. The van der Waals surface area contributed by atoms with E-state index in [2.05, 4.69) is 36.0 Å². The third-order valence-corrected chi connectivity index (χ3v) is 5.92. The molecule has 1 heterocycles. The Morgan fingerprint density at radius 2 is 1.93 bits per heavy atom. The number of unbranched alkanes of at least 4 members (excludes halogenated alkanes) is 1. The van der Waals surface area contributed by atoms with Crippen molar-refractivity contribution in [1.82, 2.24) is 10.2 Å². The number of likely N-dealkylation sites (tertiary alicyclic amines) is 1. The van der Waals surface area contributed by atoms with E-state index >= 15 is 0 Å². The number of rotatable bonds is 7. The van der Waals surface area contributed by atoms with Crippen molar-refractivity contribution in [3.05, 3.63) is 0 Å². The van der Waals surface area contributed by atoms with E-state index in [1.807, 2.05) is 14.0 Å². The van der Waals surface area contributed by atoms with Crippen LogP contribution in [-0.4, -0.2) is 62.3 Å². The molecule has 0 aromatic heterocycles. The minimum atomic E-state index is -0.0534. The number of esters is 1. The number of guanidine groups is 1. The molecule has 0 aromatic rings. The summed E-state index contributed by atoms with van der Waals surface area (Å²) in [6.07, 6.45) is 5.30. The van der Waals surface area contributed by atoms with Gasteiger partial charge in [0.1, 0.15) is 0 Å². The minimum Gasteiger partial charge on any atom is -0.466 e. The highest BCUT2D eigenvalue weighted by Gasteiger charge is 2.49. The maximum atomic E-state index is 11.9. The number of nitrogens with one attached hydrogen (secondary N) is 1. The third-order valence-electron chi connectivity index (χ3n) is 5.92. The molecule has 0 bridgehead atoms. The number of hydrogen-bond donors (Lipinski definition) is 1. The van der Waals surface area contributed by atoms with Crippen molar-refractivity contribution in [3.63, 3.8) is 0 Å². The fourth-order valence-electron chi connectivity index (χ4n) is 3.82. The maximum absolute atomic E-state index is 11.9. The fraction of sp³-hybridized carbons (Fsp3) is 0.900. The molecule has 158 valence electrons. The van der Waals surface area contributed by atoms with Crippen LogP contribution in [0.1, 0.15) is 59.8 Å². The Kier molecular flexibility index (Phi) is 10.4. The van der Waals surface area contributed by atoms with Crippen molar-refractivity contribution in [2.75, 3.05) is 33.4 Å². The zero-order chi connectivity index (χ0) is 19.2. The van der Waals surface area contributed by atoms with Crippen molar-refractivity contribution >= 4 is 35.9 Å². The van der Waals surface area contributed by atoms with Crippen LogP contribution in [0.4, 0.5) is 0 Å². The van der Waals surface area contributed by atoms with Gasteiger partial charge in [0.25, 0.3) is 0 Å². The van der Waals surface area contributed by atoms with Gasteiger partial charge in [0.2, 0.25) is 0 Å². The number of carbonyl (C=O) groups excluding carboxylic acids is 1. The fourth-order valence-corrected chi connectivity index (χ4v) is 3.82. The molecule has 0 amide bonds. The molecule has 7 heteroatoms. The lowest BCUT2D eigenvalue weighted by atomic mass is 9.64. The molecule has 2 atom stereocenters. The standard InChI is InChI=1S/C20H37N3O3.HI/c1-6-8-13-26-17-14-16(20(17,3)4)22-19(21-5)23-11-9-15(10-12-23)18(24)25-7-2;/h15-17H,6-14H2,1-5H3,(H,21,22);1H. The van der Waals surface area contributed by atoms with Crippen LogP contribution in [0.3, 0.4) is 0 Å². The topological polar surface area (TPSA) is 63.2 Å². The van der Waals surface area contributed by atoms with Gasteiger partial charge in [-0.2, -0.15) is 0 Å². The average molecular weight is 495 g/mol. The number of hydrogen-bond acceptors (Lipinski definition) is 4.